The number of hydrogen-bond donors (Lipinski definition) is 2. The first-order valence-electron chi connectivity index (χ1n) is 6.82. The van der Waals surface area contributed by atoms with Crippen molar-refractivity contribution in [1.82, 2.24) is 20.2 Å². The molecule has 1 aromatic carbocycles. The Hall–Kier alpha value is -3.02. The third kappa shape index (κ3) is 3.35. The van der Waals surface area contributed by atoms with Crippen LogP contribution < -0.4 is 0 Å². The maximum Gasteiger partial charge on any atom is 0.181 e. The maximum atomic E-state index is 12.1. The number of aromatic hydroxyl groups is 1. The summed E-state index contributed by atoms with van der Waals surface area (Å²) in [6, 6.07) is 10.2. The van der Waals surface area contributed by atoms with E-state index in [-0.39, 0.29) is 18.0 Å². The van der Waals surface area contributed by atoms with E-state index in [1.54, 1.807) is 36.7 Å². The van der Waals surface area contributed by atoms with E-state index in [2.05, 4.69) is 20.2 Å². The first-order valence-corrected chi connectivity index (χ1v) is 6.82. The van der Waals surface area contributed by atoms with Crippen LogP contribution in [0.25, 0.3) is 11.4 Å². The Morgan fingerprint density at radius 1 is 1.05 bits per heavy atom. The van der Waals surface area contributed by atoms with E-state index in [0.717, 1.165) is 11.1 Å². The SMILES string of the molecule is O=C(Cc1ccc(O)cc1)Cc1nc(-c2ccncc2)n[nH]1. The Bertz CT molecular complexity index is 766. The average molecular weight is 294 g/mol. The Kier molecular flexibility index (Phi) is 3.91. The molecule has 0 atom stereocenters. The fourth-order valence-corrected chi connectivity index (χ4v) is 2.10. The number of carbonyl (C=O) groups is 1. The molecular formula is C16H14N4O2. The van der Waals surface area contributed by atoms with Gasteiger partial charge in [0.25, 0.3) is 0 Å². The predicted octanol–water partition coefficient (Wildman–Crippen LogP) is 1.93. The second-order valence-corrected chi connectivity index (χ2v) is 4.90. The second kappa shape index (κ2) is 6.17. The number of benzene rings is 1. The van der Waals surface area contributed by atoms with Gasteiger partial charge in [0.05, 0.1) is 6.42 Å². The molecule has 0 saturated heterocycles. The quantitative estimate of drug-likeness (QED) is 0.750. The third-order valence-corrected chi connectivity index (χ3v) is 3.17. The Balaban J connectivity index is 1.65. The van der Waals surface area contributed by atoms with Gasteiger partial charge in [-0.2, -0.15) is 5.10 Å². The molecule has 3 aromatic rings. The molecule has 110 valence electrons. The molecule has 0 bridgehead atoms. The van der Waals surface area contributed by atoms with Crippen molar-refractivity contribution in [3.63, 3.8) is 0 Å². The first kappa shape index (κ1) is 13.9. The lowest BCUT2D eigenvalue weighted by molar-refractivity contribution is -0.117. The number of nitrogens with zero attached hydrogens (tertiary/aromatic N) is 3. The maximum absolute atomic E-state index is 12.1. The molecule has 0 unspecified atom stereocenters. The average Bonchev–Trinajstić information content (AvgIpc) is 2.99. The number of aromatic nitrogens is 4. The lowest BCUT2D eigenvalue weighted by Crippen LogP contribution is -2.07. The van der Waals surface area contributed by atoms with Gasteiger partial charge in [-0.3, -0.25) is 14.9 Å². The zero-order valence-electron chi connectivity index (χ0n) is 11.7. The lowest BCUT2D eigenvalue weighted by atomic mass is 10.1. The van der Waals surface area contributed by atoms with Crippen LogP contribution in [0.3, 0.4) is 0 Å². The Labute approximate surface area is 126 Å². The topological polar surface area (TPSA) is 91.8 Å². The number of hydrogen-bond acceptors (Lipinski definition) is 5. The number of nitrogens with one attached hydrogen (secondary N) is 1. The van der Waals surface area contributed by atoms with E-state index in [0.29, 0.717) is 18.1 Å². The van der Waals surface area contributed by atoms with Gasteiger partial charge < -0.3 is 5.11 Å². The van der Waals surface area contributed by atoms with Crippen molar-refractivity contribution in [3.05, 3.63) is 60.2 Å². The molecule has 2 heterocycles. The zero-order valence-corrected chi connectivity index (χ0v) is 11.7. The van der Waals surface area contributed by atoms with Crippen molar-refractivity contribution in [2.45, 2.75) is 12.8 Å². The molecule has 3 rings (SSSR count). The van der Waals surface area contributed by atoms with Crippen LogP contribution in [-0.4, -0.2) is 31.1 Å². The van der Waals surface area contributed by atoms with Gasteiger partial charge in [-0.1, -0.05) is 12.1 Å². The van der Waals surface area contributed by atoms with Gasteiger partial charge >= 0.3 is 0 Å². The molecule has 0 fully saturated rings. The van der Waals surface area contributed by atoms with Crippen LogP contribution in [0.4, 0.5) is 0 Å². The largest absolute Gasteiger partial charge is 0.508 e. The molecule has 0 aliphatic rings. The van der Waals surface area contributed by atoms with Gasteiger partial charge in [0.15, 0.2) is 5.82 Å². The molecule has 0 saturated carbocycles. The highest BCUT2D eigenvalue weighted by Crippen LogP contribution is 2.14. The van der Waals surface area contributed by atoms with Crippen LogP contribution in [0.5, 0.6) is 5.75 Å². The van der Waals surface area contributed by atoms with Crippen LogP contribution in [-0.2, 0) is 17.6 Å². The highest BCUT2D eigenvalue weighted by Gasteiger charge is 2.10. The van der Waals surface area contributed by atoms with Crippen molar-refractivity contribution in [3.8, 4) is 17.1 Å². The summed E-state index contributed by atoms with van der Waals surface area (Å²) >= 11 is 0. The van der Waals surface area contributed by atoms with E-state index in [4.69, 9.17) is 0 Å². The van der Waals surface area contributed by atoms with Crippen LogP contribution in [0, 0.1) is 0 Å². The number of ketones is 1. The minimum Gasteiger partial charge on any atom is -0.508 e. The van der Waals surface area contributed by atoms with E-state index in [9.17, 15) is 9.90 Å². The number of H-pyrrole nitrogens is 1. The molecule has 0 aliphatic heterocycles. The molecule has 0 amide bonds. The lowest BCUT2D eigenvalue weighted by Gasteiger charge is -2.00. The zero-order chi connectivity index (χ0) is 15.4. The van der Waals surface area contributed by atoms with Gasteiger partial charge in [0.2, 0.25) is 0 Å². The summed E-state index contributed by atoms with van der Waals surface area (Å²) in [7, 11) is 0. The molecule has 0 spiro atoms. The van der Waals surface area contributed by atoms with Crippen LogP contribution in [0.15, 0.2) is 48.8 Å². The molecule has 6 heteroatoms. The fraction of sp³-hybridized carbons (Fsp3) is 0.125. The summed E-state index contributed by atoms with van der Waals surface area (Å²) in [6.07, 6.45) is 3.83. The highest BCUT2D eigenvalue weighted by molar-refractivity contribution is 5.82. The second-order valence-electron chi connectivity index (χ2n) is 4.90. The molecular weight excluding hydrogens is 280 g/mol. The number of phenolic OH excluding ortho intramolecular Hbond substituents is 1. The summed E-state index contributed by atoms with van der Waals surface area (Å²) in [4.78, 5) is 20.3. The minimum atomic E-state index is 0.0307. The predicted molar refractivity (Wildman–Crippen MR) is 80.1 cm³/mol. The summed E-state index contributed by atoms with van der Waals surface area (Å²) in [5.74, 6) is 1.31. The Morgan fingerprint density at radius 3 is 2.50 bits per heavy atom. The van der Waals surface area contributed by atoms with Crippen LogP contribution >= 0.6 is 0 Å². The molecule has 0 aliphatic carbocycles. The smallest absolute Gasteiger partial charge is 0.181 e. The molecule has 2 N–H and O–H groups in total. The van der Waals surface area contributed by atoms with Gasteiger partial charge in [-0.15, -0.1) is 0 Å². The van der Waals surface area contributed by atoms with Crippen molar-refractivity contribution in [2.24, 2.45) is 0 Å². The Morgan fingerprint density at radius 2 is 1.77 bits per heavy atom. The fourth-order valence-electron chi connectivity index (χ4n) is 2.10. The van der Waals surface area contributed by atoms with Crippen molar-refractivity contribution < 1.29 is 9.90 Å². The third-order valence-electron chi connectivity index (χ3n) is 3.17. The van der Waals surface area contributed by atoms with E-state index in [1.807, 2.05) is 12.1 Å². The van der Waals surface area contributed by atoms with Gasteiger partial charge in [-0.05, 0) is 29.8 Å². The summed E-state index contributed by atoms with van der Waals surface area (Å²) in [5.41, 5.74) is 1.71. The normalized spacial score (nSPS) is 10.5. The van der Waals surface area contributed by atoms with Crippen LogP contribution in [0.1, 0.15) is 11.4 Å². The van der Waals surface area contributed by atoms with E-state index >= 15 is 0 Å². The monoisotopic (exact) mass is 294 g/mol. The van der Waals surface area contributed by atoms with E-state index in [1.165, 1.54) is 0 Å². The summed E-state index contributed by atoms with van der Waals surface area (Å²) in [6.45, 7) is 0. The minimum absolute atomic E-state index is 0.0307. The van der Waals surface area contributed by atoms with Crippen LogP contribution in [0.2, 0.25) is 0 Å². The number of rotatable bonds is 5. The summed E-state index contributed by atoms with van der Waals surface area (Å²) in [5, 5.41) is 16.1. The molecule has 22 heavy (non-hydrogen) atoms. The van der Waals surface area contributed by atoms with Crippen molar-refractivity contribution >= 4 is 5.78 Å². The number of Topliss-reactive ketones (excluding diaryl/α,β-unsaturated/α-hetero) is 1. The number of carbonyl (C=O) groups excluding carboxylic acids is 1. The van der Waals surface area contributed by atoms with Gasteiger partial charge in [-0.25, -0.2) is 4.98 Å². The summed E-state index contributed by atoms with van der Waals surface area (Å²) < 4.78 is 0. The highest BCUT2D eigenvalue weighted by atomic mass is 16.3. The number of phenols is 1. The molecule has 6 nitrogen and oxygen atoms in total. The number of pyridine rings is 1. The molecule has 0 radical (unpaired) electrons. The molecule has 2 aromatic heterocycles. The standard InChI is InChI=1S/C16H14N4O2/c21-13-3-1-11(2-4-13)9-14(22)10-15-18-16(20-19-15)12-5-7-17-8-6-12/h1-8,21H,9-10H2,(H,18,19,20). The van der Waals surface area contributed by atoms with Gasteiger partial charge in [0.1, 0.15) is 17.4 Å². The van der Waals surface area contributed by atoms with Crippen molar-refractivity contribution in [2.75, 3.05) is 0 Å². The van der Waals surface area contributed by atoms with Gasteiger partial charge in [0, 0.05) is 24.4 Å². The van der Waals surface area contributed by atoms with E-state index < -0.39 is 0 Å². The number of aromatic amines is 1. The first-order chi connectivity index (χ1) is 10.7. The van der Waals surface area contributed by atoms with Crippen molar-refractivity contribution in [1.29, 1.82) is 0 Å².